The van der Waals surface area contributed by atoms with Crippen LogP contribution in [0.4, 0.5) is 10.5 Å². The third-order valence-corrected chi connectivity index (χ3v) is 7.16. The number of hydrogen-bond donors (Lipinski definition) is 3. The number of nitrogens with zero attached hydrogens (tertiary/aromatic N) is 3. The van der Waals surface area contributed by atoms with Crippen molar-refractivity contribution in [3.63, 3.8) is 0 Å². The molecule has 0 aliphatic carbocycles. The number of carboxylic acid groups (broad SMARTS) is 1. The zero-order valence-corrected chi connectivity index (χ0v) is 19.4. The van der Waals surface area contributed by atoms with Gasteiger partial charge in [-0.15, -0.1) is 0 Å². The van der Waals surface area contributed by atoms with Crippen molar-refractivity contribution < 1.29 is 19.5 Å². The predicted octanol–water partition coefficient (Wildman–Crippen LogP) is 3.28. The summed E-state index contributed by atoms with van der Waals surface area (Å²) in [7, 11) is 0. The van der Waals surface area contributed by atoms with Gasteiger partial charge in [0.05, 0.1) is 17.6 Å². The summed E-state index contributed by atoms with van der Waals surface area (Å²) >= 11 is 0. The fourth-order valence-electron chi connectivity index (χ4n) is 5.16. The fourth-order valence-corrected chi connectivity index (χ4v) is 5.16. The molecule has 3 amide bonds. The minimum Gasteiger partial charge on any atom is -0.481 e. The molecule has 182 valence electrons. The van der Waals surface area contributed by atoms with Gasteiger partial charge in [0.25, 0.3) is 0 Å². The van der Waals surface area contributed by atoms with Crippen molar-refractivity contribution in [1.82, 2.24) is 20.0 Å². The highest BCUT2D eigenvalue weighted by Crippen LogP contribution is 2.25. The Morgan fingerprint density at radius 1 is 1.11 bits per heavy atom. The van der Waals surface area contributed by atoms with E-state index in [1.54, 1.807) is 11.1 Å². The number of para-hydroxylation sites is 1. The topological polar surface area (TPSA) is 119 Å². The standard InChI is InChI=1S/C26H29N5O4/c32-24(15-19(25(33)34)13-17-5-6-23-20(14-17)16-27-29-23)30-10-8-21(9-11-30)31-12-7-18-3-1-2-4-22(18)28-26(31)35/h1-6,14,16,19,21H,7-13,15H2,(H,27,29)(H,28,35)(H,33,34). The number of anilines is 1. The summed E-state index contributed by atoms with van der Waals surface area (Å²) in [6, 6.07) is 13.5. The molecule has 0 spiro atoms. The number of carbonyl (C=O) groups is 3. The number of likely N-dealkylation sites (tertiary alicyclic amines) is 1. The van der Waals surface area contributed by atoms with Crippen LogP contribution < -0.4 is 5.32 Å². The second-order valence-corrected chi connectivity index (χ2v) is 9.38. The second kappa shape index (κ2) is 9.77. The average molecular weight is 476 g/mol. The van der Waals surface area contributed by atoms with Gasteiger partial charge in [-0.1, -0.05) is 24.3 Å². The number of benzene rings is 2. The molecule has 1 saturated heterocycles. The summed E-state index contributed by atoms with van der Waals surface area (Å²) < 4.78 is 0. The molecule has 1 aromatic heterocycles. The molecule has 3 heterocycles. The van der Waals surface area contributed by atoms with E-state index in [-0.39, 0.29) is 30.8 Å². The summed E-state index contributed by atoms with van der Waals surface area (Å²) in [4.78, 5) is 41.3. The largest absolute Gasteiger partial charge is 0.481 e. The maximum atomic E-state index is 13.0. The van der Waals surface area contributed by atoms with Gasteiger partial charge in [-0.3, -0.25) is 14.7 Å². The molecule has 1 unspecified atom stereocenters. The Morgan fingerprint density at radius 3 is 2.71 bits per heavy atom. The number of nitrogens with one attached hydrogen (secondary N) is 2. The van der Waals surface area contributed by atoms with Crippen LogP contribution in [0.15, 0.2) is 48.7 Å². The predicted molar refractivity (Wildman–Crippen MR) is 131 cm³/mol. The zero-order chi connectivity index (χ0) is 24.4. The van der Waals surface area contributed by atoms with Crippen molar-refractivity contribution in [1.29, 1.82) is 0 Å². The quantitative estimate of drug-likeness (QED) is 0.506. The summed E-state index contributed by atoms with van der Waals surface area (Å²) in [5, 5.41) is 20.6. The molecule has 3 aromatic rings. The highest BCUT2D eigenvalue weighted by Gasteiger charge is 2.32. The lowest BCUT2D eigenvalue weighted by Gasteiger charge is -2.38. The molecule has 0 radical (unpaired) electrons. The van der Waals surface area contributed by atoms with Crippen molar-refractivity contribution in [2.24, 2.45) is 5.92 Å². The third kappa shape index (κ3) is 4.99. The number of aromatic nitrogens is 2. The first kappa shape index (κ1) is 22.9. The SMILES string of the molecule is O=C(O)C(CC(=O)N1CCC(N2CCc3ccccc3NC2=O)CC1)Cc1ccc2[nH]ncc2c1. The highest BCUT2D eigenvalue weighted by atomic mass is 16.4. The zero-order valence-electron chi connectivity index (χ0n) is 19.4. The summed E-state index contributed by atoms with van der Waals surface area (Å²) in [6.07, 6.45) is 4.11. The molecule has 0 saturated carbocycles. The van der Waals surface area contributed by atoms with E-state index in [1.807, 2.05) is 47.4 Å². The normalized spacial score (nSPS) is 17.5. The number of aromatic amines is 1. The molecule has 3 N–H and O–H groups in total. The number of carbonyl (C=O) groups excluding carboxylic acids is 2. The minimum atomic E-state index is -0.971. The number of hydrogen-bond acceptors (Lipinski definition) is 4. The Kier molecular flexibility index (Phi) is 6.39. The van der Waals surface area contributed by atoms with E-state index in [1.165, 1.54) is 0 Å². The van der Waals surface area contributed by atoms with Gasteiger partial charge in [-0.25, -0.2) is 4.79 Å². The van der Waals surface area contributed by atoms with E-state index in [0.29, 0.717) is 32.5 Å². The molecule has 35 heavy (non-hydrogen) atoms. The summed E-state index contributed by atoms with van der Waals surface area (Å²) in [5.74, 6) is -1.91. The Balaban J connectivity index is 1.17. The summed E-state index contributed by atoms with van der Waals surface area (Å²) in [6.45, 7) is 1.69. The van der Waals surface area contributed by atoms with E-state index < -0.39 is 11.9 Å². The van der Waals surface area contributed by atoms with Crippen LogP contribution in [0.5, 0.6) is 0 Å². The fraction of sp³-hybridized carbons (Fsp3) is 0.385. The third-order valence-electron chi connectivity index (χ3n) is 7.16. The Bertz CT molecular complexity index is 1250. The maximum absolute atomic E-state index is 13.0. The Morgan fingerprint density at radius 2 is 1.91 bits per heavy atom. The van der Waals surface area contributed by atoms with E-state index in [0.717, 1.165) is 34.1 Å². The maximum Gasteiger partial charge on any atom is 0.322 e. The second-order valence-electron chi connectivity index (χ2n) is 9.38. The van der Waals surface area contributed by atoms with Gasteiger partial charge < -0.3 is 20.2 Å². The molecule has 5 rings (SSSR count). The summed E-state index contributed by atoms with van der Waals surface area (Å²) in [5.41, 5.74) is 3.74. The van der Waals surface area contributed by atoms with Crippen LogP contribution in [-0.4, -0.2) is 68.7 Å². The van der Waals surface area contributed by atoms with Gasteiger partial charge in [0.2, 0.25) is 5.91 Å². The van der Waals surface area contributed by atoms with E-state index in [4.69, 9.17) is 0 Å². The van der Waals surface area contributed by atoms with Crippen molar-refractivity contribution in [2.45, 2.75) is 38.1 Å². The first-order valence-corrected chi connectivity index (χ1v) is 12.1. The van der Waals surface area contributed by atoms with Crippen LogP contribution in [0.25, 0.3) is 10.9 Å². The molecule has 9 heteroatoms. The molecular formula is C26H29N5O4. The van der Waals surface area contributed by atoms with Gasteiger partial charge in [0.15, 0.2) is 0 Å². The van der Waals surface area contributed by atoms with E-state index >= 15 is 0 Å². The number of fused-ring (bicyclic) bond motifs is 2. The van der Waals surface area contributed by atoms with Gasteiger partial charge in [0, 0.05) is 43.2 Å². The molecule has 9 nitrogen and oxygen atoms in total. The molecule has 0 bridgehead atoms. The minimum absolute atomic E-state index is 0.0388. The highest BCUT2D eigenvalue weighted by molar-refractivity contribution is 5.91. The first-order valence-electron chi connectivity index (χ1n) is 12.1. The molecule has 2 aliphatic heterocycles. The van der Waals surface area contributed by atoms with Crippen molar-refractivity contribution in [3.8, 4) is 0 Å². The lowest BCUT2D eigenvalue weighted by molar-refractivity contribution is -0.146. The van der Waals surface area contributed by atoms with Crippen molar-refractivity contribution in [3.05, 3.63) is 59.8 Å². The number of carboxylic acids is 1. The molecule has 2 aromatic carbocycles. The Labute approximate surface area is 203 Å². The van der Waals surface area contributed by atoms with Crippen LogP contribution >= 0.6 is 0 Å². The number of rotatable bonds is 6. The van der Waals surface area contributed by atoms with Gasteiger partial charge in [-0.05, 0) is 55.0 Å². The molecule has 2 aliphatic rings. The van der Waals surface area contributed by atoms with Gasteiger partial charge in [-0.2, -0.15) is 5.10 Å². The smallest absolute Gasteiger partial charge is 0.322 e. The lowest BCUT2D eigenvalue weighted by atomic mass is 9.94. The van der Waals surface area contributed by atoms with Gasteiger partial charge in [0.1, 0.15) is 0 Å². The average Bonchev–Trinajstić information content (AvgIpc) is 3.25. The van der Waals surface area contributed by atoms with E-state index in [9.17, 15) is 19.5 Å². The van der Waals surface area contributed by atoms with Crippen molar-refractivity contribution >= 4 is 34.5 Å². The number of urea groups is 1. The lowest BCUT2D eigenvalue weighted by Crippen LogP contribution is -2.50. The molecule has 1 atom stereocenters. The van der Waals surface area contributed by atoms with Crippen LogP contribution in [0, 0.1) is 5.92 Å². The molecule has 1 fully saturated rings. The Hall–Kier alpha value is -3.88. The van der Waals surface area contributed by atoms with Crippen molar-refractivity contribution in [2.75, 3.05) is 25.0 Å². The van der Waals surface area contributed by atoms with Crippen LogP contribution in [-0.2, 0) is 22.4 Å². The molecular weight excluding hydrogens is 446 g/mol. The van der Waals surface area contributed by atoms with E-state index in [2.05, 4.69) is 15.5 Å². The first-order chi connectivity index (χ1) is 17.0. The number of H-pyrrole nitrogens is 1. The van der Waals surface area contributed by atoms with Gasteiger partial charge >= 0.3 is 12.0 Å². The van der Waals surface area contributed by atoms with Crippen LogP contribution in [0.1, 0.15) is 30.4 Å². The monoisotopic (exact) mass is 475 g/mol. The number of aliphatic carboxylic acids is 1. The van der Waals surface area contributed by atoms with Crippen LogP contribution in [0.2, 0.25) is 0 Å². The van der Waals surface area contributed by atoms with Crippen LogP contribution in [0.3, 0.4) is 0 Å². The number of amides is 3. The number of piperidine rings is 1.